The van der Waals surface area contributed by atoms with Crippen LogP contribution in [-0.4, -0.2) is 43.3 Å². The van der Waals surface area contributed by atoms with Gasteiger partial charge in [-0.15, -0.1) is 0 Å². The molecular weight excluding hydrogens is 198 g/mol. The van der Waals surface area contributed by atoms with Gasteiger partial charge in [-0.2, -0.15) is 0 Å². The molecular formula is C10H17NO4. The smallest absolute Gasteiger partial charge is 0.410 e. The van der Waals surface area contributed by atoms with E-state index in [-0.39, 0.29) is 13.2 Å². The van der Waals surface area contributed by atoms with Gasteiger partial charge in [0.25, 0.3) is 0 Å². The second-order valence-electron chi connectivity index (χ2n) is 2.68. The van der Waals surface area contributed by atoms with Crippen molar-refractivity contribution in [1.29, 1.82) is 0 Å². The Hall–Kier alpha value is -1.52. The summed E-state index contributed by atoms with van der Waals surface area (Å²) in [6.07, 6.45) is 0.932. The third kappa shape index (κ3) is 5.72. The van der Waals surface area contributed by atoms with Crippen LogP contribution in [0.25, 0.3) is 0 Å². The molecule has 0 heterocycles. The van der Waals surface area contributed by atoms with E-state index in [0.717, 1.165) is 0 Å². The van der Waals surface area contributed by atoms with Gasteiger partial charge in [-0.1, -0.05) is 12.7 Å². The summed E-state index contributed by atoms with van der Waals surface area (Å²) in [6.45, 7) is 7.65. The van der Waals surface area contributed by atoms with Gasteiger partial charge in [-0.3, -0.25) is 9.69 Å². The maximum atomic E-state index is 11.3. The van der Waals surface area contributed by atoms with Gasteiger partial charge < -0.3 is 9.47 Å². The van der Waals surface area contributed by atoms with E-state index in [0.29, 0.717) is 13.2 Å². The summed E-state index contributed by atoms with van der Waals surface area (Å²) in [5.74, 6) is -0.435. The third-order valence-electron chi connectivity index (χ3n) is 1.59. The van der Waals surface area contributed by atoms with Gasteiger partial charge in [0.1, 0.15) is 13.2 Å². The fraction of sp³-hybridized carbons (Fsp3) is 0.600. The first-order chi connectivity index (χ1) is 7.15. The Labute approximate surface area is 89.6 Å². The van der Waals surface area contributed by atoms with Crippen LogP contribution in [0.4, 0.5) is 4.79 Å². The van der Waals surface area contributed by atoms with Crippen molar-refractivity contribution < 1.29 is 19.1 Å². The maximum absolute atomic E-state index is 11.3. The Balaban J connectivity index is 4.05. The molecule has 5 nitrogen and oxygen atoms in total. The lowest BCUT2D eigenvalue weighted by molar-refractivity contribution is -0.144. The molecule has 86 valence electrons. The van der Waals surface area contributed by atoms with Crippen molar-refractivity contribution in [2.75, 3.05) is 26.3 Å². The number of carbonyl (C=O) groups excluding carboxylic acids is 2. The fourth-order valence-corrected chi connectivity index (χ4v) is 0.889. The normalized spacial score (nSPS) is 9.20. The molecule has 0 aromatic rings. The molecule has 0 saturated heterocycles. The highest BCUT2D eigenvalue weighted by atomic mass is 16.6. The Morgan fingerprint density at radius 2 is 2.00 bits per heavy atom. The molecule has 0 radical (unpaired) electrons. The minimum Gasteiger partial charge on any atom is -0.465 e. The number of rotatable bonds is 6. The maximum Gasteiger partial charge on any atom is 0.410 e. The van der Waals surface area contributed by atoms with Crippen LogP contribution in [0.5, 0.6) is 0 Å². The van der Waals surface area contributed by atoms with Gasteiger partial charge in [-0.25, -0.2) is 4.79 Å². The lowest BCUT2D eigenvalue weighted by Crippen LogP contribution is -2.36. The minimum absolute atomic E-state index is 0.0830. The van der Waals surface area contributed by atoms with Gasteiger partial charge in [0, 0.05) is 6.54 Å². The SMILES string of the molecule is C=CCOC(=O)N(CC)CC(=O)OCC. The van der Waals surface area contributed by atoms with Crippen molar-refractivity contribution in [3.05, 3.63) is 12.7 Å². The highest BCUT2D eigenvalue weighted by molar-refractivity contribution is 5.78. The molecule has 0 aliphatic heterocycles. The average Bonchev–Trinajstić information content (AvgIpc) is 2.22. The average molecular weight is 215 g/mol. The van der Waals surface area contributed by atoms with E-state index in [9.17, 15) is 9.59 Å². The zero-order chi connectivity index (χ0) is 11.7. The summed E-state index contributed by atoms with van der Waals surface area (Å²) in [5.41, 5.74) is 0. The number of esters is 1. The summed E-state index contributed by atoms with van der Waals surface area (Å²) in [7, 11) is 0. The van der Waals surface area contributed by atoms with Gasteiger partial charge in [0.05, 0.1) is 6.61 Å². The predicted molar refractivity (Wildman–Crippen MR) is 55.4 cm³/mol. The van der Waals surface area contributed by atoms with Crippen LogP contribution in [0.3, 0.4) is 0 Å². The molecule has 0 bridgehead atoms. The standard InChI is InChI=1S/C10H17NO4/c1-4-7-15-10(13)11(5-2)8-9(12)14-6-3/h4H,1,5-8H2,2-3H3. The van der Waals surface area contributed by atoms with Crippen molar-refractivity contribution in [1.82, 2.24) is 4.90 Å². The zero-order valence-electron chi connectivity index (χ0n) is 9.19. The molecule has 15 heavy (non-hydrogen) atoms. The van der Waals surface area contributed by atoms with E-state index in [2.05, 4.69) is 6.58 Å². The van der Waals surface area contributed by atoms with E-state index in [1.54, 1.807) is 13.8 Å². The van der Waals surface area contributed by atoms with Crippen molar-refractivity contribution in [3.63, 3.8) is 0 Å². The Morgan fingerprint density at radius 3 is 2.47 bits per heavy atom. The molecule has 0 atom stereocenters. The lowest BCUT2D eigenvalue weighted by Gasteiger charge is -2.18. The van der Waals surface area contributed by atoms with Crippen LogP contribution >= 0.6 is 0 Å². The van der Waals surface area contributed by atoms with Crippen LogP contribution < -0.4 is 0 Å². The second-order valence-corrected chi connectivity index (χ2v) is 2.68. The van der Waals surface area contributed by atoms with E-state index in [1.165, 1.54) is 11.0 Å². The first-order valence-electron chi connectivity index (χ1n) is 4.83. The summed E-state index contributed by atoms with van der Waals surface area (Å²) >= 11 is 0. The highest BCUT2D eigenvalue weighted by Gasteiger charge is 2.16. The molecule has 1 amide bonds. The molecule has 0 N–H and O–H groups in total. The zero-order valence-corrected chi connectivity index (χ0v) is 9.19. The highest BCUT2D eigenvalue weighted by Crippen LogP contribution is 1.95. The summed E-state index contributed by atoms with van der Waals surface area (Å²) in [6, 6.07) is 0. The van der Waals surface area contributed by atoms with E-state index in [4.69, 9.17) is 9.47 Å². The molecule has 0 spiro atoms. The first kappa shape index (κ1) is 13.5. The Morgan fingerprint density at radius 1 is 1.33 bits per heavy atom. The monoisotopic (exact) mass is 215 g/mol. The van der Waals surface area contributed by atoms with Crippen molar-refractivity contribution >= 4 is 12.1 Å². The molecule has 0 saturated carbocycles. The van der Waals surface area contributed by atoms with Crippen LogP contribution in [0, 0.1) is 0 Å². The summed E-state index contributed by atoms with van der Waals surface area (Å²) < 4.78 is 9.50. The predicted octanol–water partition coefficient (Wildman–Crippen LogP) is 1.19. The van der Waals surface area contributed by atoms with Gasteiger partial charge >= 0.3 is 12.1 Å². The summed E-state index contributed by atoms with van der Waals surface area (Å²) in [4.78, 5) is 23.7. The number of hydrogen-bond acceptors (Lipinski definition) is 4. The molecule has 0 aromatic carbocycles. The van der Waals surface area contributed by atoms with Gasteiger partial charge in [0.2, 0.25) is 0 Å². The molecule has 0 aromatic heterocycles. The van der Waals surface area contributed by atoms with Gasteiger partial charge in [-0.05, 0) is 13.8 Å². The molecule has 0 unspecified atom stereocenters. The van der Waals surface area contributed by atoms with Crippen molar-refractivity contribution in [3.8, 4) is 0 Å². The number of ether oxygens (including phenoxy) is 2. The van der Waals surface area contributed by atoms with Crippen molar-refractivity contribution in [2.24, 2.45) is 0 Å². The lowest BCUT2D eigenvalue weighted by atomic mass is 10.5. The molecule has 0 aliphatic rings. The van der Waals surface area contributed by atoms with E-state index in [1.807, 2.05) is 0 Å². The minimum atomic E-state index is -0.537. The first-order valence-corrected chi connectivity index (χ1v) is 4.83. The number of amides is 1. The fourth-order valence-electron chi connectivity index (χ4n) is 0.889. The molecule has 0 rings (SSSR count). The Bertz CT molecular complexity index is 227. The van der Waals surface area contributed by atoms with E-state index >= 15 is 0 Å². The summed E-state index contributed by atoms with van der Waals surface area (Å²) in [5, 5.41) is 0. The van der Waals surface area contributed by atoms with Crippen molar-refractivity contribution in [2.45, 2.75) is 13.8 Å². The number of likely N-dealkylation sites (N-methyl/N-ethyl adjacent to an activating group) is 1. The number of nitrogens with zero attached hydrogens (tertiary/aromatic N) is 1. The van der Waals surface area contributed by atoms with E-state index < -0.39 is 12.1 Å². The topological polar surface area (TPSA) is 55.8 Å². The Kier molecular flexibility index (Phi) is 7.05. The third-order valence-corrected chi connectivity index (χ3v) is 1.59. The number of carbonyl (C=O) groups is 2. The largest absolute Gasteiger partial charge is 0.465 e. The molecule has 5 heteroatoms. The quantitative estimate of drug-likeness (QED) is 0.493. The number of hydrogen-bond donors (Lipinski definition) is 0. The van der Waals surface area contributed by atoms with Crippen LogP contribution in [-0.2, 0) is 14.3 Å². The second kappa shape index (κ2) is 7.84. The molecule has 0 fully saturated rings. The molecule has 0 aliphatic carbocycles. The van der Waals surface area contributed by atoms with Crippen LogP contribution in [0.15, 0.2) is 12.7 Å². The van der Waals surface area contributed by atoms with Gasteiger partial charge in [0.15, 0.2) is 0 Å². The van der Waals surface area contributed by atoms with Crippen LogP contribution in [0.1, 0.15) is 13.8 Å². The van der Waals surface area contributed by atoms with Crippen LogP contribution in [0.2, 0.25) is 0 Å².